The lowest BCUT2D eigenvalue weighted by molar-refractivity contribution is -0.128. The van der Waals surface area contributed by atoms with Crippen LogP contribution < -0.4 is 5.32 Å². The van der Waals surface area contributed by atoms with Crippen LogP contribution in [0, 0.1) is 5.92 Å². The molecule has 1 aromatic rings. The van der Waals surface area contributed by atoms with Gasteiger partial charge in [0.2, 0.25) is 5.91 Å². The molecule has 2 saturated heterocycles. The second-order valence-electron chi connectivity index (χ2n) is 8.31. The van der Waals surface area contributed by atoms with Crippen molar-refractivity contribution in [1.29, 1.82) is 0 Å². The van der Waals surface area contributed by atoms with Gasteiger partial charge in [-0.15, -0.1) is 0 Å². The number of hydrogen-bond acceptors (Lipinski definition) is 3. The molecule has 1 aromatic carbocycles. The normalized spacial score (nSPS) is 27.8. The van der Waals surface area contributed by atoms with Crippen molar-refractivity contribution in [2.75, 3.05) is 33.2 Å². The highest BCUT2D eigenvalue weighted by Gasteiger charge is 2.46. The molecular formula is C21H31N3O. The van der Waals surface area contributed by atoms with Gasteiger partial charge in [0, 0.05) is 12.6 Å². The van der Waals surface area contributed by atoms with E-state index in [-0.39, 0.29) is 17.4 Å². The number of rotatable bonds is 4. The Morgan fingerprint density at radius 3 is 2.48 bits per heavy atom. The van der Waals surface area contributed by atoms with Gasteiger partial charge in [-0.2, -0.15) is 0 Å². The number of nitrogens with zero attached hydrogens (tertiary/aromatic N) is 2. The fraction of sp³-hybridized carbons (Fsp3) is 0.667. The zero-order valence-corrected chi connectivity index (χ0v) is 15.4. The van der Waals surface area contributed by atoms with E-state index >= 15 is 0 Å². The minimum atomic E-state index is -0.0752. The number of benzene rings is 1. The minimum Gasteiger partial charge on any atom is -0.346 e. The molecule has 0 bridgehead atoms. The van der Waals surface area contributed by atoms with Gasteiger partial charge in [-0.05, 0) is 70.8 Å². The highest BCUT2D eigenvalue weighted by molar-refractivity contribution is 5.80. The molecule has 0 radical (unpaired) electrons. The van der Waals surface area contributed by atoms with Gasteiger partial charge in [0.05, 0.1) is 11.5 Å². The van der Waals surface area contributed by atoms with E-state index in [0.717, 1.165) is 32.2 Å². The molecule has 4 rings (SSSR count). The van der Waals surface area contributed by atoms with E-state index in [1.807, 2.05) is 6.07 Å². The summed E-state index contributed by atoms with van der Waals surface area (Å²) in [5.74, 6) is 0.438. The SMILES string of the molecule is CN1CCC(N2CCC[C@H](C(=O)NC3(c4ccccc4)CC3)C2)CC1. The topological polar surface area (TPSA) is 35.6 Å². The Hall–Kier alpha value is -1.39. The van der Waals surface area contributed by atoms with Gasteiger partial charge in [0.15, 0.2) is 0 Å². The maximum Gasteiger partial charge on any atom is 0.225 e. The Bertz CT molecular complexity index is 590. The average Bonchev–Trinajstić information content (AvgIpc) is 3.44. The van der Waals surface area contributed by atoms with E-state index in [2.05, 4.69) is 46.4 Å². The number of amides is 1. The van der Waals surface area contributed by atoms with Crippen LogP contribution in [-0.2, 0) is 10.3 Å². The summed E-state index contributed by atoms with van der Waals surface area (Å²) in [6, 6.07) is 11.2. The van der Waals surface area contributed by atoms with Crippen molar-refractivity contribution in [3.8, 4) is 0 Å². The molecule has 1 N–H and O–H groups in total. The fourth-order valence-corrected chi connectivity index (χ4v) is 4.62. The predicted octanol–water partition coefficient (Wildman–Crippen LogP) is 2.60. The van der Waals surface area contributed by atoms with Gasteiger partial charge in [-0.1, -0.05) is 30.3 Å². The van der Waals surface area contributed by atoms with E-state index in [1.54, 1.807) is 0 Å². The molecule has 1 atom stereocenters. The third-order valence-corrected chi connectivity index (χ3v) is 6.47. The maximum atomic E-state index is 13.0. The zero-order valence-electron chi connectivity index (χ0n) is 15.4. The summed E-state index contributed by atoms with van der Waals surface area (Å²) in [6.45, 7) is 4.50. The second-order valence-corrected chi connectivity index (χ2v) is 8.31. The van der Waals surface area contributed by atoms with Gasteiger partial charge in [-0.3, -0.25) is 9.69 Å². The molecule has 2 heterocycles. The first-order valence-corrected chi connectivity index (χ1v) is 9.96. The Morgan fingerprint density at radius 2 is 1.80 bits per heavy atom. The molecule has 4 heteroatoms. The van der Waals surface area contributed by atoms with Gasteiger partial charge < -0.3 is 10.2 Å². The summed E-state index contributed by atoms with van der Waals surface area (Å²) in [4.78, 5) is 18.0. The third-order valence-electron chi connectivity index (χ3n) is 6.47. The number of hydrogen-bond donors (Lipinski definition) is 1. The van der Waals surface area contributed by atoms with Crippen LogP contribution >= 0.6 is 0 Å². The standard InChI is InChI=1S/C21H31N3O/c1-23-14-9-19(10-15-23)24-13-5-6-17(16-24)20(25)22-21(11-12-21)18-7-3-2-4-8-18/h2-4,7-8,17,19H,5-6,9-16H2,1H3,(H,22,25)/t17-/m0/s1. The van der Waals surface area contributed by atoms with Crippen LogP contribution in [0.25, 0.3) is 0 Å². The largest absolute Gasteiger partial charge is 0.346 e. The molecular weight excluding hydrogens is 310 g/mol. The number of carbonyl (C=O) groups excluding carboxylic acids is 1. The first kappa shape index (κ1) is 17.0. The molecule has 0 aromatic heterocycles. The summed E-state index contributed by atoms with van der Waals surface area (Å²) >= 11 is 0. The van der Waals surface area contributed by atoms with E-state index in [0.29, 0.717) is 6.04 Å². The molecule has 1 saturated carbocycles. The first-order chi connectivity index (χ1) is 12.2. The summed E-state index contributed by atoms with van der Waals surface area (Å²) in [5, 5.41) is 3.41. The third kappa shape index (κ3) is 3.75. The molecule has 25 heavy (non-hydrogen) atoms. The van der Waals surface area contributed by atoms with Crippen molar-refractivity contribution in [3.05, 3.63) is 35.9 Å². The van der Waals surface area contributed by atoms with Gasteiger partial charge in [-0.25, -0.2) is 0 Å². The zero-order chi connectivity index (χ0) is 17.3. The van der Waals surface area contributed by atoms with E-state index in [9.17, 15) is 4.79 Å². The van der Waals surface area contributed by atoms with Crippen LogP contribution in [0.3, 0.4) is 0 Å². The molecule has 0 unspecified atom stereocenters. The van der Waals surface area contributed by atoms with Crippen molar-refractivity contribution >= 4 is 5.91 Å². The first-order valence-electron chi connectivity index (χ1n) is 9.96. The van der Waals surface area contributed by atoms with Crippen molar-refractivity contribution in [3.63, 3.8) is 0 Å². The molecule has 136 valence electrons. The molecule has 4 nitrogen and oxygen atoms in total. The fourth-order valence-electron chi connectivity index (χ4n) is 4.62. The highest BCUT2D eigenvalue weighted by Crippen LogP contribution is 2.45. The summed E-state index contributed by atoms with van der Waals surface area (Å²) < 4.78 is 0. The van der Waals surface area contributed by atoms with Crippen LogP contribution in [0.2, 0.25) is 0 Å². The van der Waals surface area contributed by atoms with E-state index in [1.165, 1.54) is 38.0 Å². The lowest BCUT2D eigenvalue weighted by atomic mass is 9.92. The molecule has 3 fully saturated rings. The molecule has 3 aliphatic rings. The Kier molecular flexibility index (Phi) is 4.83. The average molecular weight is 341 g/mol. The smallest absolute Gasteiger partial charge is 0.225 e. The van der Waals surface area contributed by atoms with Crippen LogP contribution in [-0.4, -0.2) is 55.0 Å². The minimum absolute atomic E-state index is 0.0752. The van der Waals surface area contributed by atoms with Gasteiger partial charge in [0.1, 0.15) is 0 Å². The van der Waals surface area contributed by atoms with Crippen LogP contribution in [0.5, 0.6) is 0 Å². The van der Waals surface area contributed by atoms with Gasteiger partial charge in [0.25, 0.3) is 0 Å². The monoisotopic (exact) mass is 341 g/mol. The summed E-state index contributed by atoms with van der Waals surface area (Å²) in [5.41, 5.74) is 1.19. The second kappa shape index (κ2) is 7.08. The predicted molar refractivity (Wildman–Crippen MR) is 100 cm³/mol. The van der Waals surface area contributed by atoms with Crippen molar-refractivity contribution < 1.29 is 4.79 Å². The molecule has 2 aliphatic heterocycles. The number of likely N-dealkylation sites (tertiary alicyclic amines) is 2. The van der Waals surface area contributed by atoms with E-state index in [4.69, 9.17) is 0 Å². The number of carbonyl (C=O) groups is 1. The summed E-state index contributed by atoms with van der Waals surface area (Å²) in [7, 11) is 2.21. The van der Waals surface area contributed by atoms with Crippen molar-refractivity contribution in [2.24, 2.45) is 5.92 Å². The molecule has 0 spiro atoms. The van der Waals surface area contributed by atoms with Crippen LogP contribution in [0.1, 0.15) is 44.1 Å². The quantitative estimate of drug-likeness (QED) is 0.914. The van der Waals surface area contributed by atoms with Gasteiger partial charge >= 0.3 is 0 Å². The number of piperidine rings is 2. The maximum absolute atomic E-state index is 13.0. The molecule has 1 aliphatic carbocycles. The Morgan fingerprint density at radius 1 is 1.08 bits per heavy atom. The lowest BCUT2D eigenvalue weighted by Crippen LogP contribution is -2.51. The van der Waals surface area contributed by atoms with Crippen molar-refractivity contribution in [2.45, 2.75) is 50.1 Å². The highest BCUT2D eigenvalue weighted by atomic mass is 16.2. The van der Waals surface area contributed by atoms with Crippen molar-refractivity contribution in [1.82, 2.24) is 15.1 Å². The van der Waals surface area contributed by atoms with E-state index < -0.39 is 0 Å². The Balaban J connectivity index is 1.36. The number of nitrogens with one attached hydrogen (secondary N) is 1. The van der Waals surface area contributed by atoms with Crippen LogP contribution in [0.15, 0.2) is 30.3 Å². The van der Waals surface area contributed by atoms with Crippen LogP contribution in [0.4, 0.5) is 0 Å². The molecule has 1 amide bonds. The lowest BCUT2D eigenvalue weighted by Gasteiger charge is -2.41. The Labute approximate surface area is 151 Å². The summed E-state index contributed by atoms with van der Waals surface area (Å²) in [6.07, 6.45) is 6.85.